The molecule has 0 radical (unpaired) electrons. The van der Waals surface area contributed by atoms with Crippen LogP contribution in [0.3, 0.4) is 0 Å². The fraction of sp³-hybridized carbons (Fsp3) is 0.286. The Kier molecular flexibility index (Phi) is 3.77. The minimum absolute atomic E-state index is 0.0738. The van der Waals surface area contributed by atoms with Crippen LogP contribution in [0.1, 0.15) is 11.3 Å². The zero-order valence-corrected chi connectivity index (χ0v) is 10.6. The molecule has 0 aliphatic rings. The Labute approximate surface area is 106 Å². The van der Waals surface area contributed by atoms with E-state index in [0.717, 1.165) is 6.42 Å². The fourth-order valence-electron chi connectivity index (χ4n) is 1.84. The second-order valence-corrected chi connectivity index (χ2v) is 4.11. The number of nitrogens with zero attached hydrogens (tertiary/aromatic N) is 2. The zero-order valence-electron chi connectivity index (χ0n) is 10.6. The van der Waals surface area contributed by atoms with Crippen molar-refractivity contribution in [2.24, 2.45) is 0 Å². The van der Waals surface area contributed by atoms with E-state index < -0.39 is 0 Å². The number of aromatic nitrogens is 2. The fourth-order valence-corrected chi connectivity index (χ4v) is 1.84. The van der Waals surface area contributed by atoms with Gasteiger partial charge in [0.05, 0.1) is 7.11 Å². The van der Waals surface area contributed by atoms with Gasteiger partial charge in [-0.25, -0.2) is 4.98 Å². The molecule has 0 saturated heterocycles. The number of rotatable bonds is 4. The van der Waals surface area contributed by atoms with Crippen molar-refractivity contribution in [3.8, 4) is 6.01 Å². The Hall–Kier alpha value is -2.10. The monoisotopic (exact) mass is 244 g/mol. The molecule has 2 rings (SSSR count). The van der Waals surface area contributed by atoms with Gasteiger partial charge in [0, 0.05) is 18.3 Å². The van der Waals surface area contributed by atoms with Gasteiger partial charge < -0.3 is 4.74 Å². The number of methoxy groups -OCH3 is 1. The number of hydrogen-bond acceptors (Lipinski definition) is 3. The lowest BCUT2D eigenvalue weighted by atomic mass is 10.1. The van der Waals surface area contributed by atoms with E-state index in [2.05, 4.69) is 4.98 Å². The van der Waals surface area contributed by atoms with Gasteiger partial charge in [-0.15, -0.1) is 0 Å². The molecule has 1 aromatic heterocycles. The van der Waals surface area contributed by atoms with E-state index in [1.807, 2.05) is 30.3 Å². The van der Waals surface area contributed by atoms with Crippen LogP contribution in [0.15, 0.2) is 41.2 Å². The number of ether oxygens (including phenoxy) is 1. The first kappa shape index (κ1) is 12.4. The third-order valence-electron chi connectivity index (χ3n) is 2.75. The highest BCUT2D eigenvalue weighted by molar-refractivity contribution is 5.15. The molecule has 0 N–H and O–H groups in total. The van der Waals surface area contributed by atoms with Gasteiger partial charge in [0.25, 0.3) is 11.6 Å². The van der Waals surface area contributed by atoms with Crippen LogP contribution in [0.2, 0.25) is 0 Å². The summed E-state index contributed by atoms with van der Waals surface area (Å²) >= 11 is 0. The molecule has 0 fully saturated rings. The van der Waals surface area contributed by atoms with Crippen molar-refractivity contribution in [3.63, 3.8) is 0 Å². The first-order chi connectivity index (χ1) is 8.70. The first-order valence-corrected chi connectivity index (χ1v) is 5.87. The van der Waals surface area contributed by atoms with Crippen LogP contribution >= 0.6 is 0 Å². The molecule has 1 aromatic carbocycles. The van der Waals surface area contributed by atoms with Crippen molar-refractivity contribution in [2.75, 3.05) is 7.11 Å². The largest absolute Gasteiger partial charge is 0.468 e. The van der Waals surface area contributed by atoms with E-state index in [4.69, 9.17) is 4.74 Å². The maximum atomic E-state index is 11.9. The maximum absolute atomic E-state index is 11.9. The third-order valence-corrected chi connectivity index (χ3v) is 2.75. The lowest BCUT2D eigenvalue weighted by Gasteiger charge is -2.10. The molecular weight excluding hydrogens is 228 g/mol. The molecule has 94 valence electrons. The van der Waals surface area contributed by atoms with Crippen LogP contribution in [0, 0.1) is 6.92 Å². The second-order valence-electron chi connectivity index (χ2n) is 4.11. The van der Waals surface area contributed by atoms with Crippen molar-refractivity contribution in [1.29, 1.82) is 0 Å². The molecule has 0 amide bonds. The topological polar surface area (TPSA) is 44.1 Å². The predicted octanol–water partition coefficient (Wildman–Crippen LogP) is 1.80. The first-order valence-electron chi connectivity index (χ1n) is 5.87. The average Bonchev–Trinajstić information content (AvgIpc) is 2.38. The van der Waals surface area contributed by atoms with Crippen LogP contribution in [0.25, 0.3) is 0 Å². The third kappa shape index (κ3) is 2.77. The highest BCUT2D eigenvalue weighted by Gasteiger charge is 2.07. The molecule has 0 aliphatic heterocycles. The maximum Gasteiger partial charge on any atom is 0.299 e. The standard InChI is InChI=1S/C14H16N2O2/c1-11-10-13(17)16(14(15-11)18-2)9-8-12-6-4-3-5-7-12/h3-7,10H,8-9H2,1-2H3. The normalized spacial score (nSPS) is 10.3. The van der Waals surface area contributed by atoms with Crippen molar-refractivity contribution in [3.05, 3.63) is 58.0 Å². The summed E-state index contributed by atoms with van der Waals surface area (Å²) in [5.41, 5.74) is 1.79. The highest BCUT2D eigenvalue weighted by Crippen LogP contribution is 2.07. The lowest BCUT2D eigenvalue weighted by Crippen LogP contribution is -2.23. The van der Waals surface area contributed by atoms with Gasteiger partial charge in [0.2, 0.25) is 0 Å². The number of aryl methyl sites for hydroxylation is 2. The van der Waals surface area contributed by atoms with Gasteiger partial charge >= 0.3 is 0 Å². The van der Waals surface area contributed by atoms with E-state index in [1.54, 1.807) is 11.5 Å². The molecule has 18 heavy (non-hydrogen) atoms. The summed E-state index contributed by atoms with van der Waals surface area (Å²) in [4.78, 5) is 16.1. The summed E-state index contributed by atoms with van der Waals surface area (Å²) in [6, 6.07) is 11.9. The Morgan fingerprint density at radius 2 is 2.00 bits per heavy atom. The quantitative estimate of drug-likeness (QED) is 0.823. The van der Waals surface area contributed by atoms with Crippen LogP contribution in [0.4, 0.5) is 0 Å². The van der Waals surface area contributed by atoms with E-state index in [9.17, 15) is 4.79 Å². The molecule has 0 unspecified atom stereocenters. The summed E-state index contributed by atoms with van der Waals surface area (Å²) in [5, 5.41) is 0. The zero-order chi connectivity index (χ0) is 13.0. The van der Waals surface area contributed by atoms with Crippen LogP contribution in [-0.4, -0.2) is 16.7 Å². The summed E-state index contributed by atoms with van der Waals surface area (Å²) in [5.74, 6) is 0. The van der Waals surface area contributed by atoms with Gasteiger partial charge in [0.15, 0.2) is 0 Å². The Morgan fingerprint density at radius 1 is 1.28 bits per heavy atom. The lowest BCUT2D eigenvalue weighted by molar-refractivity contribution is 0.344. The van der Waals surface area contributed by atoms with Crippen molar-refractivity contribution in [2.45, 2.75) is 19.9 Å². The van der Waals surface area contributed by atoms with Gasteiger partial charge in [-0.05, 0) is 18.9 Å². The average molecular weight is 244 g/mol. The molecule has 4 nitrogen and oxygen atoms in total. The molecule has 1 heterocycles. The predicted molar refractivity (Wildman–Crippen MR) is 69.9 cm³/mol. The summed E-state index contributed by atoms with van der Waals surface area (Å²) in [6.45, 7) is 2.35. The second kappa shape index (κ2) is 5.49. The minimum atomic E-state index is -0.0738. The van der Waals surface area contributed by atoms with Crippen molar-refractivity contribution in [1.82, 2.24) is 9.55 Å². The van der Waals surface area contributed by atoms with Gasteiger partial charge in [-0.1, -0.05) is 30.3 Å². The van der Waals surface area contributed by atoms with Crippen LogP contribution in [0.5, 0.6) is 6.01 Å². The number of hydrogen-bond donors (Lipinski definition) is 0. The van der Waals surface area contributed by atoms with E-state index >= 15 is 0 Å². The Balaban J connectivity index is 2.22. The molecule has 0 atom stereocenters. The SMILES string of the molecule is COc1nc(C)cc(=O)n1CCc1ccccc1. The Bertz CT molecular complexity index is 576. The number of benzene rings is 1. The van der Waals surface area contributed by atoms with Crippen molar-refractivity contribution >= 4 is 0 Å². The molecular formula is C14H16N2O2. The summed E-state index contributed by atoms with van der Waals surface area (Å²) < 4.78 is 6.70. The molecule has 0 bridgehead atoms. The van der Waals surface area contributed by atoms with Crippen LogP contribution in [-0.2, 0) is 13.0 Å². The summed E-state index contributed by atoms with van der Waals surface area (Å²) in [7, 11) is 1.53. The van der Waals surface area contributed by atoms with Gasteiger partial charge in [-0.2, -0.15) is 0 Å². The van der Waals surface area contributed by atoms with Crippen molar-refractivity contribution < 1.29 is 4.74 Å². The smallest absolute Gasteiger partial charge is 0.299 e. The minimum Gasteiger partial charge on any atom is -0.468 e. The molecule has 2 aromatic rings. The van der Waals surface area contributed by atoms with Gasteiger partial charge in [-0.3, -0.25) is 9.36 Å². The Morgan fingerprint density at radius 3 is 2.67 bits per heavy atom. The van der Waals surface area contributed by atoms with E-state index in [1.165, 1.54) is 18.7 Å². The molecule has 0 saturated carbocycles. The van der Waals surface area contributed by atoms with Crippen LogP contribution < -0.4 is 10.3 Å². The molecule has 0 spiro atoms. The molecule has 4 heteroatoms. The van der Waals surface area contributed by atoms with E-state index in [0.29, 0.717) is 18.2 Å². The highest BCUT2D eigenvalue weighted by atomic mass is 16.5. The van der Waals surface area contributed by atoms with E-state index in [-0.39, 0.29) is 5.56 Å². The summed E-state index contributed by atoms with van der Waals surface area (Å²) in [6.07, 6.45) is 0.780. The molecule has 0 aliphatic carbocycles. The van der Waals surface area contributed by atoms with Gasteiger partial charge in [0.1, 0.15) is 0 Å².